The van der Waals surface area contributed by atoms with Crippen LogP contribution in [0, 0.1) is 16.4 Å². The Morgan fingerprint density at radius 1 is 1.08 bits per heavy atom. The topological polar surface area (TPSA) is 26.0 Å². The van der Waals surface area contributed by atoms with Gasteiger partial charge in [0.1, 0.15) is 11.6 Å². The van der Waals surface area contributed by atoms with Crippen molar-refractivity contribution in [3.8, 4) is 11.4 Å². The first kappa shape index (κ1) is 17.4. The number of rotatable bonds is 5. The fourth-order valence-electron chi connectivity index (χ4n) is 2.66. The minimum absolute atomic E-state index is 0.251. The maximum absolute atomic E-state index is 13.3. The lowest BCUT2D eigenvalue weighted by atomic mass is 10.2. The number of hydrogen-bond donors (Lipinski definition) is 0. The molecule has 3 rings (SSSR count). The minimum atomic E-state index is -0.292. The third-order valence-electron chi connectivity index (χ3n) is 3.86. The zero-order valence-electron chi connectivity index (χ0n) is 14.0. The Bertz CT molecular complexity index is 931. The third-order valence-corrected chi connectivity index (χ3v) is 4.34. The molecule has 130 valence electrons. The molecule has 0 saturated heterocycles. The highest BCUT2D eigenvalue weighted by molar-refractivity contribution is 7.71. The zero-order valence-corrected chi connectivity index (χ0v) is 14.8. The average molecular weight is 360 g/mol. The van der Waals surface area contributed by atoms with Gasteiger partial charge in [-0.15, -0.1) is 0 Å². The van der Waals surface area contributed by atoms with E-state index >= 15 is 0 Å². The predicted molar refractivity (Wildman–Crippen MR) is 95.3 cm³/mol. The first-order valence-electron chi connectivity index (χ1n) is 7.77. The van der Waals surface area contributed by atoms with E-state index in [9.17, 15) is 8.78 Å². The summed E-state index contributed by atoms with van der Waals surface area (Å²) in [5.74, 6) is 0.127. The van der Waals surface area contributed by atoms with Crippen molar-refractivity contribution in [1.29, 1.82) is 0 Å². The van der Waals surface area contributed by atoms with Gasteiger partial charge in [-0.2, -0.15) is 5.10 Å². The predicted octanol–water partition coefficient (Wildman–Crippen LogP) is 3.99. The van der Waals surface area contributed by atoms with Crippen molar-refractivity contribution in [2.24, 2.45) is 7.05 Å². The van der Waals surface area contributed by atoms with Gasteiger partial charge in [0.05, 0.1) is 6.67 Å². The average Bonchev–Trinajstić information content (AvgIpc) is 2.84. The summed E-state index contributed by atoms with van der Waals surface area (Å²) in [6.45, 7) is 1.03. The van der Waals surface area contributed by atoms with E-state index in [2.05, 4.69) is 5.10 Å². The van der Waals surface area contributed by atoms with Gasteiger partial charge in [0.25, 0.3) is 0 Å². The molecule has 0 spiro atoms. The lowest BCUT2D eigenvalue weighted by Gasteiger charge is -2.16. The summed E-state index contributed by atoms with van der Waals surface area (Å²) in [4.78, 5) is 1.99. The van der Waals surface area contributed by atoms with Crippen molar-refractivity contribution >= 4 is 12.2 Å². The first-order chi connectivity index (χ1) is 11.9. The number of halogens is 2. The van der Waals surface area contributed by atoms with Crippen LogP contribution < -0.4 is 0 Å². The molecule has 1 heterocycles. The molecule has 1 aromatic heterocycles. The molecule has 0 amide bonds. The van der Waals surface area contributed by atoms with Crippen LogP contribution >= 0.6 is 12.2 Å². The van der Waals surface area contributed by atoms with Gasteiger partial charge >= 0.3 is 0 Å². The molecule has 3 aromatic rings. The van der Waals surface area contributed by atoms with Gasteiger partial charge in [-0.05, 0) is 61.2 Å². The van der Waals surface area contributed by atoms with Crippen molar-refractivity contribution in [3.63, 3.8) is 0 Å². The molecule has 0 atom stereocenters. The maximum Gasteiger partial charge on any atom is 0.199 e. The van der Waals surface area contributed by atoms with Gasteiger partial charge in [-0.1, -0.05) is 12.1 Å². The largest absolute Gasteiger partial charge is 0.303 e. The Hall–Kier alpha value is -2.38. The number of hydrogen-bond acceptors (Lipinski definition) is 3. The summed E-state index contributed by atoms with van der Waals surface area (Å²) in [7, 11) is 3.75. The smallest absolute Gasteiger partial charge is 0.199 e. The highest BCUT2D eigenvalue weighted by Crippen LogP contribution is 2.18. The summed E-state index contributed by atoms with van der Waals surface area (Å²) in [6, 6.07) is 12.6. The molecule has 0 unspecified atom stereocenters. The van der Waals surface area contributed by atoms with Crippen LogP contribution in [-0.4, -0.2) is 26.3 Å². The second-order valence-electron chi connectivity index (χ2n) is 5.96. The van der Waals surface area contributed by atoms with E-state index in [-0.39, 0.29) is 11.6 Å². The van der Waals surface area contributed by atoms with Crippen LogP contribution in [0.5, 0.6) is 0 Å². The SMILES string of the molecule is CN(Cc1cccc(F)c1)Cn1nc(-c2ccc(F)cc2)n(C)c1=S. The fourth-order valence-corrected chi connectivity index (χ4v) is 2.84. The molecular formula is C18H18F2N4S. The summed E-state index contributed by atoms with van der Waals surface area (Å²) < 4.78 is 30.5. The molecule has 0 bridgehead atoms. The summed E-state index contributed by atoms with van der Waals surface area (Å²) in [5, 5.41) is 4.55. The van der Waals surface area contributed by atoms with Gasteiger partial charge in [-0.25, -0.2) is 13.5 Å². The zero-order chi connectivity index (χ0) is 18.0. The van der Waals surface area contributed by atoms with E-state index in [1.165, 1.54) is 24.3 Å². The van der Waals surface area contributed by atoms with Crippen LogP contribution in [0.4, 0.5) is 8.78 Å². The number of benzene rings is 2. The number of nitrogens with zero attached hydrogens (tertiary/aromatic N) is 4. The molecule has 0 N–H and O–H groups in total. The maximum atomic E-state index is 13.3. The second kappa shape index (κ2) is 7.25. The van der Waals surface area contributed by atoms with Crippen LogP contribution in [0.1, 0.15) is 5.56 Å². The Labute approximate surface area is 149 Å². The molecule has 7 heteroatoms. The number of aromatic nitrogens is 3. The summed E-state index contributed by atoms with van der Waals surface area (Å²) >= 11 is 5.45. The van der Waals surface area contributed by atoms with Gasteiger partial charge in [0, 0.05) is 19.2 Å². The first-order valence-corrected chi connectivity index (χ1v) is 8.17. The van der Waals surface area contributed by atoms with Crippen molar-refractivity contribution in [2.75, 3.05) is 7.05 Å². The van der Waals surface area contributed by atoms with Crippen LogP contribution in [0.2, 0.25) is 0 Å². The highest BCUT2D eigenvalue weighted by atomic mass is 32.1. The van der Waals surface area contributed by atoms with Crippen molar-refractivity contribution in [2.45, 2.75) is 13.2 Å². The van der Waals surface area contributed by atoms with Gasteiger partial charge in [0.2, 0.25) is 0 Å². The molecule has 0 saturated carbocycles. The fraction of sp³-hybridized carbons (Fsp3) is 0.222. The van der Waals surface area contributed by atoms with E-state index in [0.29, 0.717) is 23.8 Å². The molecule has 0 fully saturated rings. The lowest BCUT2D eigenvalue weighted by molar-refractivity contribution is 0.244. The molecule has 25 heavy (non-hydrogen) atoms. The molecule has 4 nitrogen and oxygen atoms in total. The Balaban J connectivity index is 1.80. The van der Waals surface area contributed by atoms with Crippen molar-refractivity contribution < 1.29 is 8.78 Å². The van der Waals surface area contributed by atoms with Crippen molar-refractivity contribution in [1.82, 2.24) is 19.2 Å². The standard InChI is InChI=1S/C18H18F2N4S/c1-22(11-13-4-3-5-16(20)10-13)12-24-18(25)23(2)17(21-24)14-6-8-15(19)9-7-14/h3-10H,11-12H2,1-2H3. The van der Waals surface area contributed by atoms with Crippen LogP contribution in [0.15, 0.2) is 48.5 Å². The Kier molecular flexibility index (Phi) is 5.06. The molecule has 0 aliphatic rings. The molecule has 0 aliphatic carbocycles. The summed E-state index contributed by atoms with van der Waals surface area (Å²) in [5.41, 5.74) is 1.67. The highest BCUT2D eigenvalue weighted by Gasteiger charge is 2.12. The van der Waals surface area contributed by atoms with E-state index in [0.717, 1.165) is 11.1 Å². The second-order valence-corrected chi connectivity index (χ2v) is 6.32. The lowest BCUT2D eigenvalue weighted by Crippen LogP contribution is -2.22. The molecule has 0 aliphatic heterocycles. The van der Waals surface area contributed by atoms with E-state index in [1.54, 1.807) is 27.4 Å². The van der Waals surface area contributed by atoms with E-state index in [1.807, 2.05) is 25.1 Å². The van der Waals surface area contributed by atoms with Crippen LogP contribution in [0.25, 0.3) is 11.4 Å². The quantitative estimate of drug-likeness (QED) is 0.644. The monoisotopic (exact) mass is 360 g/mol. The van der Waals surface area contributed by atoms with Gasteiger partial charge < -0.3 is 4.57 Å². The molecular weight excluding hydrogens is 342 g/mol. The molecule has 2 aromatic carbocycles. The van der Waals surface area contributed by atoms with Crippen molar-refractivity contribution in [3.05, 3.63) is 70.5 Å². The third kappa shape index (κ3) is 4.00. The Morgan fingerprint density at radius 3 is 2.48 bits per heavy atom. The van der Waals surface area contributed by atoms with Crippen LogP contribution in [-0.2, 0) is 20.3 Å². The van der Waals surface area contributed by atoms with Gasteiger partial charge in [0.15, 0.2) is 10.6 Å². The molecule has 0 radical (unpaired) electrons. The van der Waals surface area contributed by atoms with E-state index in [4.69, 9.17) is 12.2 Å². The Morgan fingerprint density at radius 2 is 1.80 bits per heavy atom. The summed E-state index contributed by atoms with van der Waals surface area (Å²) in [6.07, 6.45) is 0. The minimum Gasteiger partial charge on any atom is -0.303 e. The van der Waals surface area contributed by atoms with Gasteiger partial charge in [-0.3, -0.25) is 4.90 Å². The van der Waals surface area contributed by atoms with E-state index < -0.39 is 0 Å². The van der Waals surface area contributed by atoms with Crippen LogP contribution in [0.3, 0.4) is 0 Å². The normalized spacial score (nSPS) is 11.2.